The highest BCUT2D eigenvalue weighted by Gasteiger charge is 2.17. The van der Waals surface area contributed by atoms with E-state index in [1.165, 1.54) is 11.7 Å². The van der Waals surface area contributed by atoms with E-state index in [1.54, 1.807) is 30.6 Å². The quantitative estimate of drug-likeness (QED) is 0.449. The van der Waals surface area contributed by atoms with Crippen LogP contribution in [-0.2, 0) is 16.1 Å². The third kappa shape index (κ3) is 2.07. The van der Waals surface area contributed by atoms with Crippen LogP contribution >= 0.6 is 11.6 Å². The van der Waals surface area contributed by atoms with Crippen molar-refractivity contribution >= 4 is 50.3 Å². The van der Waals surface area contributed by atoms with Crippen LogP contribution in [0.1, 0.15) is 0 Å². The number of methoxy groups -OCH3 is 1. The van der Waals surface area contributed by atoms with E-state index >= 15 is 0 Å². The summed E-state index contributed by atoms with van der Waals surface area (Å²) in [5.74, 6) is -0.500. The molecule has 0 radical (unpaired) electrons. The molecule has 7 heteroatoms. The number of ether oxygens (including phenoxy) is 1. The molecule has 1 aromatic carbocycles. The summed E-state index contributed by atoms with van der Waals surface area (Å²) in [7, 11) is 1.29. The van der Waals surface area contributed by atoms with E-state index in [9.17, 15) is 9.59 Å². The zero-order chi connectivity index (χ0) is 16.8. The van der Waals surface area contributed by atoms with Gasteiger partial charge in [-0.05, 0) is 23.6 Å². The fourth-order valence-electron chi connectivity index (χ4n) is 3.00. The number of H-pyrrole nitrogens is 1. The Kier molecular flexibility index (Phi) is 3.28. The van der Waals surface area contributed by atoms with Crippen molar-refractivity contribution in [1.82, 2.24) is 14.5 Å². The summed E-state index contributed by atoms with van der Waals surface area (Å²) in [4.78, 5) is 32.2. The molecule has 0 spiro atoms. The van der Waals surface area contributed by atoms with Crippen molar-refractivity contribution in [2.75, 3.05) is 7.11 Å². The van der Waals surface area contributed by atoms with Crippen LogP contribution < -0.4 is 5.56 Å². The first-order valence-corrected chi connectivity index (χ1v) is 7.62. The molecule has 0 aliphatic heterocycles. The number of benzene rings is 1. The number of hydrogen-bond donors (Lipinski definition) is 1. The second-order valence-electron chi connectivity index (χ2n) is 5.42. The summed E-state index contributed by atoms with van der Waals surface area (Å²) < 4.78 is 6.15. The largest absolute Gasteiger partial charge is 0.468 e. The lowest BCUT2D eigenvalue weighted by molar-refractivity contribution is -0.141. The van der Waals surface area contributed by atoms with Crippen LogP contribution in [0.2, 0.25) is 5.02 Å². The average Bonchev–Trinajstić information content (AvgIpc) is 3.06. The van der Waals surface area contributed by atoms with Gasteiger partial charge in [0, 0.05) is 33.6 Å². The molecule has 0 aliphatic rings. The molecule has 0 saturated heterocycles. The molecule has 0 amide bonds. The van der Waals surface area contributed by atoms with E-state index in [2.05, 4.69) is 9.97 Å². The van der Waals surface area contributed by atoms with Gasteiger partial charge >= 0.3 is 5.97 Å². The number of nitrogens with zero attached hydrogens (tertiary/aromatic N) is 2. The molecule has 4 rings (SSSR count). The molecule has 4 aromatic rings. The van der Waals surface area contributed by atoms with Gasteiger partial charge in [-0.2, -0.15) is 0 Å². The molecule has 0 unspecified atom stereocenters. The number of aromatic amines is 1. The standard InChI is InChI=1S/C17H12ClN3O3/c1-24-14(22)8-21-15-11-4-5-19-16(11)20-7-13(15)10-3-2-9(18)6-12(10)17(21)23/h2-7H,8H2,1H3,(H,19,20). The van der Waals surface area contributed by atoms with Crippen LogP contribution in [0.4, 0.5) is 0 Å². The van der Waals surface area contributed by atoms with Crippen LogP contribution in [0.5, 0.6) is 0 Å². The van der Waals surface area contributed by atoms with Gasteiger partial charge in [0.15, 0.2) is 0 Å². The highest BCUT2D eigenvalue weighted by molar-refractivity contribution is 6.31. The van der Waals surface area contributed by atoms with Crippen molar-refractivity contribution in [2.24, 2.45) is 0 Å². The number of hydrogen-bond acceptors (Lipinski definition) is 4. The van der Waals surface area contributed by atoms with Crippen LogP contribution in [0.15, 0.2) is 41.5 Å². The molecule has 24 heavy (non-hydrogen) atoms. The van der Waals surface area contributed by atoms with Gasteiger partial charge < -0.3 is 9.72 Å². The Morgan fingerprint density at radius 1 is 1.25 bits per heavy atom. The summed E-state index contributed by atoms with van der Waals surface area (Å²) in [5.41, 5.74) is 0.999. The number of carbonyl (C=O) groups excluding carboxylic acids is 1. The minimum atomic E-state index is -0.500. The monoisotopic (exact) mass is 341 g/mol. The first-order valence-electron chi connectivity index (χ1n) is 7.25. The van der Waals surface area contributed by atoms with E-state index in [0.717, 1.165) is 16.2 Å². The Morgan fingerprint density at radius 3 is 2.88 bits per heavy atom. The molecule has 0 fully saturated rings. The summed E-state index contributed by atoms with van der Waals surface area (Å²) in [6.07, 6.45) is 3.44. The lowest BCUT2D eigenvalue weighted by Gasteiger charge is -2.13. The fourth-order valence-corrected chi connectivity index (χ4v) is 3.17. The maximum absolute atomic E-state index is 13.0. The molecule has 1 N–H and O–H groups in total. The van der Waals surface area contributed by atoms with Crippen molar-refractivity contribution in [3.8, 4) is 0 Å². The summed E-state index contributed by atoms with van der Waals surface area (Å²) in [6.45, 7) is -0.182. The maximum atomic E-state index is 13.0. The van der Waals surface area contributed by atoms with Gasteiger partial charge in [-0.15, -0.1) is 0 Å². The van der Waals surface area contributed by atoms with Crippen molar-refractivity contribution in [1.29, 1.82) is 0 Å². The molecule has 0 saturated carbocycles. The van der Waals surface area contributed by atoms with Gasteiger partial charge in [0.1, 0.15) is 12.2 Å². The normalized spacial score (nSPS) is 11.4. The SMILES string of the molecule is COC(=O)Cn1c(=O)c2cc(Cl)ccc2c2cnc3[nH]ccc3c21. The van der Waals surface area contributed by atoms with E-state index in [1.807, 2.05) is 6.07 Å². The summed E-state index contributed by atoms with van der Waals surface area (Å²) in [5, 5.41) is 3.19. The summed E-state index contributed by atoms with van der Waals surface area (Å²) in [6, 6.07) is 6.96. The van der Waals surface area contributed by atoms with Gasteiger partial charge in [0.05, 0.1) is 12.6 Å². The zero-order valence-electron chi connectivity index (χ0n) is 12.7. The number of rotatable bonds is 2. The molecule has 3 heterocycles. The van der Waals surface area contributed by atoms with Gasteiger partial charge in [-0.25, -0.2) is 4.98 Å². The Morgan fingerprint density at radius 2 is 2.08 bits per heavy atom. The predicted molar refractivity (Wildman–Crippen MR) is 92.4 cm³/mol. The molecule has 6 nitrogen and oxygen atoms in total. The van der Waals surface area contributed by atoms with Gasteiger partial charge in [0.2, 0.25) is 0 Å². The Balaban J connectivity index is 2.26. The molecular formula is C17H12ClN3O3. The lowest BCUT2D eigenvalue weighted by atomic mass is 10.1. The number of pyridine rings is 2. The van der Waals surface area contributed by atoms with Gasteiger partial charge in [-0.3, -0.25) is 14.2 Å². The second-order valence-corrected chi connectivity index (χ2v) is 5.85. The first kappa shape index (κ1) is 14.7. The van der Waals surface area contributed by atoms with Crippen LogP contribution in [0.3, 0.4) is 0 Å². The topological polar surface area (TPSA) is 77.0 Å². The van der Waals surface area contributed by atoms with Crippen molar-refractivity contribution < 1.29 is 9.53 Å². The van der Waals surface area contributed by atoms with Crippen LogP contribution in [-0.4, -0.2) is 27.6 Å². The molecule has 0 atom stereocenters. The Hall–Kier alpha value is -2.86. The van der Waals surface area contributed by atoms with E-state index in [4.69, 9.17) is 16.3 Å². The van der Waals surface area contributed by atoms with Crippen LogP contribution in [0.25, 0.3) is 32.7 Å². The van der Waals surface area contributed by atoms with Gasteiger partial charge in [0.25, 0.3) is 5.56 Å². The molecular weight excluding hydrogens is 330 g/mol. The third-order valence-corrected chi connectivity index (χ3v) is 4.33. The number of fused-ring (bicyclic) bond motifs is 5. The molecule has 0 aliphatic carbocycles. The Bertz CT molecular complexity index is 1180. The zero-order valence-corrected chi connectivity index (χ0v) is 13.4. The van der Waals surface area contributed by atoms with Crippen molar-refractivity contribution in [2.45, 2.75) is 6.54 Å². The van der Waals surface area contributed by atoms with Gasteiger partial charge in [-0.1, -0.05) is 17.7 Å². The minimum Gasteiger partial charge on any atom is -0.468 e. The van der Waals surface area contributed by atoms with E-state index in [0.29, 0.717) is 21.6 Å². The average molecular weight is 342 g/mol. The second kappa shape index (κ2) is 5.35. The first-order chi connectivity index (χ1) is 11.6. The summed E-state index contributed by atoms with van der Waals surface area (Å²) >= 11 is 6.04. The number of halogens is 1. The van der Waals surface area contributed by atoms with Crippen LogP contribution in [0, 0.1) is 0 Å². The number of nitrogens with one attached hydrogen (secondary N) is 1. The molecule has 3 aromatic heterocycles. The number of carbonyl (C=O) groups is 1. The maximum Gasteiger partial charge on any atom is 0.325 e. The fraction of sp³-hybridized carbons (Fsp3) is 0.118. The highest BCUT2D eigenvalue weighted by Crippen LogP contribution is 2.29. The van der Waals surface area contributed by atoms with Crippen molar-refractivity contribution in [3.63, 3.8) is 0 Å². The predicted octanol–water partition coefficient (Wildman–Crippen LogP) is 2.86. The minimum absolute atomic E-state index is 0.182. The van der Waals surface area contributed by atoms with Crippen molar-refractivity contribution in [3.05, 3.63) is 52.0 Å². The van der Waals surface area contributed by atoms with E-state index in [-0.39, 0.29) is 12.1 Å². The third-order valence-electron chi connectivity index (χ3n) is 4.09. The molecule has 120 valence electrons. The Labute approximate surface area is 140 Å². The highest BCUT2D eigenvalue weighted by atomic mass is 35.5. The molecule has 0 bridgehead atoms. The lowest BCUT2D eigenvalue weighted by Crippen LogP contribution is -2.25. The number of aromatic nitrogens is 3. The van der Waals surface area contributed by atoms with E-state index < -0.39 is 5.97 Å². The number of esters is 1. The smallest absolute Gasteiger partial charge is 0.325 e.